The van der Waals surface area contributed by atoms with Gasteiger partial charge in [-0.3, -0.25) is 33.6 Å². The molecule has 0 spiro atoms. The van der Waals surface area contributed by atoms with Crippen LogP contribution in [0.2, 0.25) is 0 Å². The van der Waals surface area contributed by atoms with Crippen LogP contribution in [-0.4, -0.2) is 205 Å². The second kappa shape index (κ2) is 30.4. The van der Waals surface area contributed by atoms with Gasteiger partial charge in [-0.1, -0.05) is 0 Å². The minimum absolute atomic E-state index is 0.0254. The van der Waals surface area contributed by atoms with Crippen LogP contribution in [0, 0.1) is 121 Å². The van der Waals surface area contributed by atoms with Gasteiger partial charge in [0.1, 0.15) is 53.1 Å². The standard InChI is InChI=1S/2C22H23F6N3O4.C20H24F3N3O3.C16H19F6NO3/c2*23-21(24,25)17(33)30-15(16(32)31-13(8-29)2-12-3-14(12)31)19-4-10-1-11(5-19)7-20(6-10,9-19)35-18(34)22(26,27)28;21-20(22,23)17(28)25-15(16(27)26-13(8-24)2-12-3-14(12)26)18-4-10-1-11(5-18)7-19(29,6-10)9-18;1-8(23-11(24)15(17,18)19)13-3-9-2-10(4-13)6-14(5-9,7-13)26-12(25)16(20,21)22/h2*10-15H,1-7,9H2,(H,30,33);10-15,29H,1-7,9H2,(H,25,28);8-10H,2-7H2,1H3,(H,23,24)/t10?,11?,12-,13+,14+,15+,19?,20?;10?,11?,12-,13+,14+,15-,19?,20?;10?,11?,12-,13+,14+,15-,18?,19?;8-,9?,10?,13?,14?/m1111/s1. The maximum Gasteiger partial charge on any atom is 0.490 e. The SMILES string of the molecule is C[C@@H](NC(=O)C(F)(F)F)C12CC3CC(CC(OC(=O)C(F)(F)F)(C3)C1)C2.N#C[C@@H]1C[C@@H]2C[C@@H]2N1C(=O)[C@@H](NC(=O)C(F)(F)F)C12CC3CC(CC(O)(C3)C1)C2.N#C[C@@H]1C[C@@H]2C[C@@H]2N1C(=O)[C@@H](NC(=O)C(F)(F)F)C12CC3CC(CC(OC(=O)C(F)(F)F)(C3)C1)C2.N#C[C@@H]1C[C@@H]2C[C@@H]2N1C(=O)[C@H](NC(=O)C(F)(F)F)C12CC3CC(CC(OC(=O)C(F)(F)F)(C3)C1)C2. The van der Waals surface area contributed by atoms with Crippen molar-refractivity contribution < 1.29 is 159 Å². The van der Waals surface area contributed by atoms with E-state index in [2.05, 4.69) is 6.07 Å². The van der Waals surface area contributed by atoms with Crippen molar-refractivity contribution in [2.45, 2.75) is 326 Å². The maximum atomic E-state index is 13.7. The van der Waals surface area contributed by atoms with Crippen molar-refractivity contribution in [2.75, 3.05) is 0 Å². The van der Waals surface area contributed by atoms with E-state index in [1.807, 2.05) is 33.4 Å². The summed E-state index contributed by atoms with van der Waals surface area (Å²) in [4.78, 5) is 127. The van der Waals surface area contributed by atoms with E-state index < -0.39 is 189 Å². The van der Waals surface area contributed by atoms with E-state index in [1.54, 1.807) is 0 Å². The topological polar surface area (TPSA) is 348 Å². The highest BCUT2D eigenvalue weighted by atomic mass is 19.4. The Morgan fingerprint density at radius 3 is 0.776 bits per heavy atom. The number of carbonyl (C=O) groups excluding carboxylic acids is 10. The Morgan fingerprint density at radius 1 is 0.320 bits per heavy atom. The summed E-state index contributed by atoms with van der Waals surface area (Å²) < 4.78 is 287. The average molecular weight is 1810 g/mol. The Balaban J connectivity index is 0.000000130. The van der Waals surface area contributed by atoms with E-state index in [-0.39, 0.29) is 173 Å². The number of halogens is 21. The molecule has 8 unspecified atom stereocenters. The van der Waals surface area contributed by atoms with Crippen molar-refractivity contribution in [3.63, 3.8) is 0 Å². The molecule has 22 fully saturated rings. The molecule has 125 heavy (non-hydrogen) atoms. The number of carbonyl (C=O) groups is 10. The van der Waals surface area contributed by atoms with Crippen molar-refractivity contribution in [1.82, 2.24) is 36.0 Å². The molecule has 22 rings (SSSR count). The summed E-state index contributed by atoms with van der Waals surface area (Å²) in [5.74, 6) is -18.5. The van der Waals surface area contributed by atoms with Crippen molar-refractivity contribution in [2.24, 2.45) is 86.8 Å². The molecular formula is C80H89F21N10O14. The third-order valence-corrected chi connectivity index (χ3v) is 31.1. The van der Waals surface area contributed by atoms with Crippen LogP contribution in [0.1, 0.15) is 200 Å². The van der Waals surface area contributed by atoms with Crippen LogP contribution >= 0.6 is 0 Å². The van der Waals surface area contributed by atoms with Gasteiger partial charge in [-0.25, -0.2) is 14.4 Å². The minimum atomic E-state index is -5.29. The van der Waals surface area contributed by atoms with Gasteiger partial charge in [0.15, 0.2) is 0 Å². The first-order chi connectivity index (χ1) is 57.6. The fourth-order valence-electron chi connectivity index (χ4n) is 28.3. The van der Waals surface area contributed by atoms with Crippen LogP contribution in [0.5, 0.6) is 0 Å². The van der Waals surface area contributed by atoms with Crippen LogP contribution in [-0.2, 0) is 62.2 Å². The number of fused-ring (bicyclic) bond motifs is 3. The number of rotatable bonds is 14. The van der Waals surface area contributed by atoms with Gasteiger partial charge in [0.05, 0.1) is 23.8 Å². The molecule has 0 radical (unpaired) electrons. The van der Waals surface area contributed by atoms with E-state index in [4.69, 9.17) is 14.2 Å². The Bertz CT molecular complexity index is 4320. The average Bonchev–Trinajstić information content (AvgIpc) is 1.69. The summed E-state index contributed by atoms with van der Waals surface area (Å²) in [6.45, 7) is 1.44. The quantitative estimate of drug-likeness (QED) is 0.0613. The predicted octanol–water partition coefficient (Wildman–Crippen LogP) is 11.4. The number of alkyl halides is 21. The van der Waals surface area contributed by atoms with Crippen LogP contribution in [0.3, 0.4) is 0 Å². The van der Waals surface area contributed by atoms with Gasteiger partial charge in [0.25, 0.3) is 0 Å². The summed E-state index contributed by atoms with van der Waals surface area (Å²) >= 11 is 0. The largest absolute Gasteiger partial charge is 0.490 e. The zero-order chi connectivity index (χ0) is 91.4. The molecule has 24 nitrogen and oxygen atoms in total. The van der Waals surface area contributed by atoms with E-state index in [1.165, 1.54) is 21.6 Å². The number of hydrogen-bond donors (Lipinski definition) is 5. The molecule has 21 atom stereocenters. The summed E-state index contributed by atoms with van der Waals surface area (Å²) in [6.07, 6.45) is -25.3. The monoisotopic (exact) mass is 1810 g/mol. The van der Waals surface area contributed by atoms with Crippen LogP contribution < -0.4 is 21.3 Å². The number of amides is 7. The summed E-state index contributed by atoms with van der Waals surface area (Å²) in [6, 6.07) is -2.61. The molecule has 0 aromatic rings. The van der Waals surface area contributed by atoms with Gasteiger partial charge in [0, 0.05) is 40.4 Å². The van der Waals surface area contributed by atoms with Gasteiger partial charge >= 0.3 is 84.8 Å². The molecule has 3 heterocycles. The first-order valence-corrected chi connectivity index (χ1v) is 41.9. The Morgan fingerprint density at radius 2 is 0.544 bits per heavy atom. The first kappa shape index (κ1) is 91.4. The number of nitrogens with zero attached hydrogens (tertiary/aromatic N) is 6. The lowest BCUT2D eigenvalue weighted by Crippen LogP contribution is -2.68. The summed E-state index contributed by atoms with van der Waals surface area (Å²) in [5, 5.41) is 47.1. The van der Waals surface area contributed by atoms with Gasteiger partial charge in [0.2, 0.25) is 17.7 Å². The maximum absolute atomic E-state index is 13.7. The second-order valence-electron chi connectivity index (χ2n) is 40.2. The van der Waals surface area contributed by atoms with E-state index in [0.717, 1.165) is 19.3 Å². The molecule has 7 amide bonds. The smallest absolute Gasteiger partial charge is 0.452 e. The van der Waals surface area contributed by atoms with Crippen molar-refractivity contribution in [3.05, 3.63) is 0 Å². The molecule has 3 saturated heterocycles. The zero-order valence-electron chi connectivity index (χ0n) is 66.7. The molecular weight excluding hydrogens is 1720 g/mol. The van der Waals surface area contributed by atoms with Gasteiger partial charge in [-0.2, -0.15) is 108 Å². The lowest BCUT2D eigenvalue weighted by atomic mass is 9.46. The third kappa shape index (κ3) is 17.4. The molecule has 0 aromatic heterocycles. The third-order valence-electron chi connectivity index (χ3n) is 31.1. The van der Waals surface area contributed by atoms with Gasteiger partial charge in [-0.05, 0) is 270 Å². The van der Waals surface area contributed by atoms with Crippen molar-refractivity contribution in [3.8, 4) is 18.2 Å². The highest BCUT2D eigenvalue weighted by Crippen LogP contribution is 2.70. The van der Waals surface area contributed by atoms with Crippen molar-refractivity contribution in [1.29, 1.82) is 15.8 Å². The number of nitrogens with one attached hydrogen (secondary N) is 4. The van der Waals surface area contributed by atoms with Gasteiger partial charge in [-0.15, -0.1) is 0 Å². The van der Waals surface area contributed by atoms with Crippen LogP contribution in [0.4, 0.5) is 92.2 Å². The van der Waals surface area contributed by atoms with Crippen LogP contribution in [0.25, 0.3) is 0 Å². The van der Waals surface area contributed by atoms with E-state index >= 15 is 0 Å². The molecule has 19 aliphatic carbocycles. The highest BCUT2D eigenvalue weighted by molar-refractivity contribution is 5.94. The molecule has 5 N–H and O–H groups in total. The minimum Gasteiger partial charge on any atom is -0.452 e. The molecule has 3 aliphatic heterocycles. The van der Waals surface area contributed by atoms with E-state index in [0.29, 0.717) is 83.5 Å². The zero-order valence-corrected chi connectivity index (χ0v) is 66.7. The number of likely N-dealkylation sites (tertiary alicyclic amines) is 3. The fourth-order valence-corrected chi connectivity index (χ4v) is 28.3. The number of esters is 3. The number of ether oxygens (including phenoxy) is 3. The highest BCUT2D eigenvalue weighted by Gasteiger charge is 2.72. The number of piperidine rings is 3. The van der Waals surface area contributed by atoms with Gasteiger partial charge < -0.3 is 55.3 Å². The fraction of sp³-hybridized carbons (Fsp3) is 0.838. The van der Waals surface area contributed by atoms with Crippen LogP contribution in [0.15, 0.2) is 0 Å². The first-order valence-electron chi connectivity index (χ1n) is 41.9. The molecule has 690 valence electrons. The Labute approximate surface area is 698 Å². The molecule has 22 aliphatic rings. The predicted molar refractivity (Wildman–Crippen MR) is 374 cm³/mol. The summed E-state index contributed by atoms with van der Waals surface area (Å²) in [7, 11) is 0. The lowest BCUT2D eigenvalue weighted by Gasteiger charge is -2.63. The second-order valence-corrected chi connectivity index (χ2v) is 40.2. The van der Waals surface area contributed by atoms with Crippen molar-refractivity contribution >= 4 is 59.3 Å². The normalized spacial score (nSPS) is 40.7. The molecule has 19 saturated carbocycles. The van der Waals surface area contributed by atoms with E-state index in [9.17, 15) is 161 Å². The number of aliphatic hydroxyl groups is 1. The lowest BCUT2D eigenvalue weighted by molar-refractivity contribution is -0.241. The number of hydrogen-bond acceptors (Lipinski definition) is 17. The Hall–Kier alpha value is -8.34. The molecule has 16 bridgehead atoms. The Kier molecular flexibility index (Phi) is 22.2. The number of nitriles is 3. The summed E-state index contributed by atoms with van der Waals surface area (Å²) in [5.41, 5.74) is -9.75. The molecule has 0 aromatic carbocycles. The molecule has 45 heteroatoms.